The smallest absolute Gasteiger partial charge is 0.248 e. The molecule has 1 fully saturated rings. The number of hydrogen-bond acceptors (Lipinski definition) is 2. The molecule has 3 nitrogen and oxygen atoms in total. The van der Waals surface area contributed by atoms with Gasteiger partial charge >= 0.3 is 0 Å². The Kier molecular flexibility index (Phi) is 3.94. The second-order valence-corrected chi connectivity index (χ2v) is 5.26. The molecule has 0 aliphatic heterocycles. The van der Waals surface area contributed by atoms with Gasteiger partial charge in [0.1, 0.15) is 0 Å². The second-order valence-electron chi connectivity index (χ2n) is 4.86. The molecule has 0 bridgehead atoms. The van der Waals surface area contributed by atoms with Crippen molar-refractivity contribution in [2.75, 3.05) is 11.1 Å². The van der Waals surface area contributed by atoms with Crippen LogP contribution in [-0.4, -0.2) is 11.8 Å². The van der Waals surface area contributed by atoms with E-state index in [-0.39, 0.29) is 37.5 Å². The van der Waals surface area contributed by atoms with Crippen molar-refractivity contribution >= 4 is 28.9 Å². The van der Waals surface area contributed by atoms with Gasteiger partial charge in [0.2, 0.25) is 11.8 Å². The van der Waals surface area contributed by atoms with E-state index in [1.807, 2.05) is 0 Å². The minimum absolute atomic E-state index is 0.210. The summed E-state index contributed by atoms with van der Waals surface area (Å²) >= 11 is 5.78. The predicted molar refractivity (Wildman–Crippen MR) is 71.4 cm³/mol. The maximum Gasteiger partial charge on any atom is 0.248 e. The molecule has 6 heteroatoms. The number of nitrogens with two attached hydrogens (primary N) is 1. The lowest BCUT2D eigenvalue weighted by Crippen LogP contribution is -2.31. The number of benzene rings is 1. The standard InChI is InChI=1S/C13H15ClF2N2O/c14-10-2-1-9(7-11(10)17)18-12(19)8-3-5-13(15,16)6-4-8/h1-2,7-8H,3-6,17H2,(H,18,19). The van der Waals surface area contributed by atoms with E-state index in [4.69, 9.17) is 17.3 Å². The predicted octanol–water partition coefficient (Wildman–Crippen LogP) is 3.69. The number of amides is 1. The van der Waals surface area contributed by atoms with E-state index in [1.54, 1.807) is 18.2 Å². The van der Waals surface area contributed by atoms with Crippen molar-refractivity contribution in [3.8, 4) is 0 Å². The maximum absolute atomic E-state index is 13.0. The fourth-order valence-electron chi connectivity index (χ4n) is 2.17. The zero-order chi connectivity index (χ0) is 14.0. The molecule has 0 aromatic heterocycles. The SMILES string of the molecule is Nc1cc(NC(=O)C2CCC(F)(F)CC2)ccc1Cl. The lowest BCUT2D eigenvalue weighted by Gasteiger charge is -2.27. The second kappa shape index (κ2) is 5.33. The van der Waals surface area contributed by atoms with Crippen LogP contribution in [0.15, 0.2) is 18.2 Å². The first-order chi connectivity index (χ1) is 8.87. The molecule has 1 aromatic carbocycles. The first kappa shape index (κ1) is 14.1. The highest BCUT2D eigenvalue weighted by Gasteiger charge is 2.37. The van der Waals surface area contributed by atoms with Crippen LogP contribution in [0.3, 0.4) is 0 Å². The van der Waals surface area contributed by atoms with E-state index in [0.29, 0.717) is 16.4 Å². The summed E-state index contributed by atoms with van der Waals surface area (Å²) in [5.74, 6) is -3.23. The van der Waals surface area contributed by atoms with Crippen molar-refractivity contribution < 1.29 is 13.6 Å². The molecule has 0 saturated heterocycles. The lowest BCUT2D eigenvalue weighted by atomic mass is 9.86. The van der Waals surface area contributed by atoms with Gasteiger partial charge < -0.3 is 11.1 Å². The minimum Gasteiger partial charge on any atom is -0.397 e. The lowest BCUT2D eigenvalue weighted by molar-refractivity contribution is -0.124. The number of alkyl halides is 2. The van der Waals surface area contributed by atoms with Gasteiger partial charge in [-0.25, -0.2) is 8.78 Å². The summed E-state index contributed by atoms with van der Waals surface area (Å²) in [6.07, 6.45) is -0.0362. The third-order valence-electron chi connectivity index (χ3n) is 3.35. The van der Waals surface area contributed by atoms with Crippen LogP contribution in [0.5, 0.6) is 0 Å². The van der Waals surface area contributed by atoms with Gasteiger partial charge in [0.25, 0.3) is 0 Å². The Morgan fingerprint density at radius 3 is 2.58 bits per heavy atom. The first-order valence-electron chi connectivity index (χ1n) is 6.11. The molecule has 0 unspecified atom stereocenters. The molecule has 2 rings (SSSR count). The molecule has 0 spiro atoms. The Balaban J connectivity index is 1.96. The van der Waals surface area contributed by atoms with Gasteiger partial charge in [-0.05, 0) is 31.0 Å². The van der Waals surface area contributed by atoms with Gasteiger partial charge in [0, 0.05) is 24.4 Å². The van der Waals surface area contributed by atoms with Crippen LogP contribution >= 0.6 is 11.6 Å². The summed E-state index contributed by atoms with van der Waals surface area (Å²) in [6, 6.07) is 4.77. The van der Waals surface area contributed by atoms with Gasteiger partial charge in [-0.15, -0.1) is 0 Å². The fraction of sp³-hybridized carbons (Fsp3) is 0.462. The normalized spacial score (nSPS) is 19.1. The highest BCUT2D eigenvalue weighted by Crippen LogP contribution is 2.36. The molecule has 0 atom stereocenters. The van der Waals surface area contributed by atoms with E-state index in [0.717, 1.165) is 0 Å². The Bertz CT molecular complexity index is 484. The van der Waals surface area contributed by atoms with Gasteiger partial charge in [-0.2, -0.15) is 0 Å². The van der Waals surface area contributed by atoms with Crippen molar-refractivity contribution in [2.45, 2.75) is 31.6 Å². The molecule has 1 amide bonds. The van der Waals surface area contributed by atoms with E-state index >= 15 is 0 Å². The molecule has 0 radical (unpaired) electrons. The van der Waals surface area contributed by atoms with Gasteiger partial charge in [-0.3, -0.25) is 4.79 Å². The quantitative estimate of drug-likeness (QED) is 0.816. The van der Waals surface area contributed by atoms with Crippen LogP contribution in [0.2, 0.25) is 5.02 Å². The molecule has 1 aromatic rings. The molecular formula is C13H15ClF2N2O. The van der Waals surface area contributed by atoms with Gasteiger partial charge in [0.15, 0.2) is 0 Å². The highest BCUT2D eigenvalue weighted by atomic mass is 35.5. The molecule has 1 saturated carbocycles. The summed E-state index contributed by atoms with van der Waals surface area (Å²) in [4.78, 5) is 11.9. The minimum atomic E-state index is -2.62. The van der Waals surface area contributed by atoms with Crippen molar-refractivity contribution in [2.24, 2.45) is 5.92 Å². The van der Waals surface area contributed by atoms with E-state index < -0.39 is 5.92 Å². The summed E-state index contributed by atoms with van der Waals surface area (Å²) in [5.41, 5.74) is 6.53. The number of carbonyl (C=O) groups excluding carboxylic acids is 1. The number of hydrogen-bond donors (Lipinski definition) is 2. The molecule has 1 aliphatic carbocycles. The first-order valence-corrected chi connectivity index (χ1v) is 6.49. The van der Waals surface area contributed by atoms with Gasteiger partial charge in [0.05, 0.1) is 10.7 Å². The van der Waals surface area contributed by atoms with Gasteiger partial charge in [-0.1, -0.05) is 11.6 Å². The number of carbonyl (C=O) groups is 1. The Labute approximate surface area is 115 Å². The van der Waals surface area contributed by atoms with Crippen LogP contribution in [0.1, 0.15) is 25.7 Å². The highest BCUT2D eigenvalue weighted by molar-refractivity contribution is 6.33. The molecule has 1 aliphatic rings. The summed E-state index contributed by atoms with van der Waals surface area (Å²) in [5, 5.41) is 3.10. The molecular weight excluding hydrogens is 274 g/mol. The Hall–Kier alpha value is -1.36. The Morgan fingerprint density at radius 2 is 2.00 bits per heavy atom. The molecule has 0 heterocycles. The number of anilines is 2. The average molecular weight is 289 g/mol. The largest absolute Gasteiger partial charge is 0.397 e. The van der Waals surface area contributed by atoms with E-state index in [1.165, 1.54) is 0 Å². The summed E-state index contributed by atoms with van der Waals surface area (Å²) < 4.78 is 26.0. The van der Waals surface area contributed by atoms with Crippen molar-refractivity contribution in [1.82, 2.24) is 0 Å². The van der Waals surface area contributed by atoms with Crippen molar-refractivity contribution in [3.05, 3.63) is 23.2 Å². The number of halogens is 3. The zero-order valence-corrected chi connectivity index (χ0v) is 11.0. The molecule has 3 N–H and O–H groups in total. The van der Waals surface area contributed by atoms with Crippen LogP contribution < -0.4 is 11.1 Å². The van der Waals surface area contributed by atoms with Crippen LogP contribution in [0.25, 0.3) is 0 Å². The van der Waals surface area contributed by atoms with Crippen LogP contribution in [0.4, 0.5) is 20.2 Å². The third kappa shape index (κ3) is 3.56. The van der Waals surface area contributed by atoms with Crippen molar-refractivity contribution in [3.63, 3.8) is 0 Å². The van der Waals surface area contributed by atoms with Crippen LogP contribution in [-0.2, 0) is 4.79 Å². The maximum atomic E-state index is 13.0. The van der Waals surface area contributed by atoms with E-state index in [2.05, 4.69) is 5.32 Å². The fourth-order valence-corrected chi connectivity index (χ4v) is 2.29. The molecule has 19 heavy (non-hydrogen) atoms. The van der Waals surface area contributed by atoms with Crippen molar-refractivity contribution in [1.29, 1.82) is 0 Å². The summed E-state index contributed by atoms with van der Waals surface area (Å²) in [6.45, 7) is 0. The topological polar surface area (TPSA) is 55.1 Å². The monoisotopic (exact) mass is 288 g/mol. The average Bonchev–Trinajstić information content (AvgIpc) is 2.33. The Morgan fingerprint density at radius 1 is 1.37 bits per heavy atom. The zero-order valence-electron chi connectivity index (χ0n) is 10.3. The third-order valence-corrected chi connectivity index (χ3v) is 3.70. The number of nitrogen functional groups attached to an aromatic ring is 1. The summed E-state index contributed by atoms with van der Waals surface area (Å²) in [7, 11) is 0. The van der Waals surface area contributed by atoms with E-state index in [9.17, 15) is 13.6 Å². The molecule has 104 valence electrons. The van der Waals surface area contributed by atoms with Crippen LogP contribution in [0, 0.1) is 5.92 Å². The number of rotatable bonds is 2. The number of nitrogens with one attached hydrogen (secondary N) is 1.